The zero-order valence-corrected chi connectivity index (χ0v) is 6.42. The smallest absolute Gasteiger partial charge is 0.130 e. The molecule has 0 aromatic heterocycles. The molecule has 10 heavy (non-hydrogen) atoms. The SMILES string of the molecule is C#C/C=C/C(C)CC(C)=O. The lowest BCUT2D eigenvalue weighted by molar-refractivity contribution is -0.117. The Bertz CT molecular complexity index is 172. The fourth-order valence-electron chi connectivity index (χ4n) is 0.741. The number of allylic oxidation sites excluding steroid dienone is 2. The van der Waals surface area contributed by atoms with E-state index < -0.39 is 0 Å². The molecule has 0 spiro atoms. The van der Waals surface area contributed by atoms with Crippen LogP contribution in [0.4, 0.5) is 0 Å². The first-order valence-electron chi connectivity index (χ1n) is 3.29. The number of terminal acetylenes is 1. The molecule has 0 saturated carbocycles. The number of carbonyl (C=O) groups is 1. The molecule has 0 aromatic carbocycles. The van der Waals surface area contributed by atoms with Gasteiger partial charge in [0.15, 0.2) is 0 Å². The summed E-state index contributed by atoms with van der Waals surface area (Å²) in [6.07, 6.45) is 9.06. The lowest BCUT2D eigenvalue weighted by Gasteiger charge is -1.99. The van der Waals surface area contributed by atoms with Crippen molar-refractivity contribution in [2.75, 3.05) is 0 Å². The summed E-state index contributed by atoms with van der Waals surface area (Å²) >= 11 is 0. The maximum Gasteiger partial charge on any atom is 0.130 e. The Hall–Kier alpha value is -1.03. The summed E-state index contributed by atoms with van der Waals surface area (Å²) in [7, 11) is 0. The van der Waals surface area contributed by atoms with E-state index in [0.717, 1.165) is 0 Å². The summed E-state index contributed by atoms with van der Waals surface area (Å²) in [5.41, 5.74) is 0. The van der Waals surface area contributed by atoms with Gasteiger partial charge in [0.05, 0.1) is 0 Å². The van der Waals surface area contributed by atoms with Gasteiger partial charge in [-0.2, -0.15) is 0 Å². The monoisotopic (exact) mass is 136 g/mol. The number of ketones is 1. The van der Waals surface area contributed by atoms with E-state index in [9.17, 15) is 4.79 Å². The number of hydrogen-bond acceptors (Lipinski definition) is 1. The maximum absolute atomic E-state index is 10.5. The molecule has 0 bridgehead atoms. The Morgan fingerprint density at radius 3 is 2.80 bits per heavy atom. The summed E-state index contributed by atoms with van der Waals surface area (Å²) < 4.78 is 0. The first-order chi connectivity index (χ1) is 4.66. The summed E-state index contributed by atoms with van der Waals surface area (Å²) in [5.74, 6) is 2.85. The van der Waals surface area contributed by atoms with Crippen LogP contribution < -0.4 is 0 Å². The first kappa shape index (κ1) is 8.97. The molecule has 1 unspecified atom stereocenters. The van der Waals surface area contributed by atoms with E-state index in [1.807, 2.05) is 13.0 Å². The Labute approximate surface area is 62.1 Å². The van der Waals surface area contributed by atoms with Crippen LogP contribution in [0.5, 0.6) is 0 Å². The Kier molecular flexibility index (Phi) is 4.32. The van der Waals surface area contributed by atoms with E-state index in [-0.39, 0.29) is 11.7 Å². The second-order valence-electron chi connectivity index (χ2n) is 2.41. The molecule has 0 amide bonds. The Morgan fingerprint density at radius 2 is 2.40 bits per heavy atom. The highest BCUT2D eigenvalue weighted by atomic mass is 16.1. The van der Waals surface area contributed by atoms with Crippen molar-refractivity contribution in [3.63, 3.8) is 0 Å². The van der Waals surface area contributed by atoms with Crippen LogP contribution in [0.3, 0.4) is 0 Å². The van der Waals surface area contributed by atoms with Crippen LogP contribution in [-0.4, -0.2) is 5.78 Å². The standard InChI is InChI=1S/C9H12O/c1-4-5-6-8(2)7-9(3)10/h1,5-6,8H,7H2,2-3H3/b6-5+. The van der Waals surface area contributed by atoms with Gasteiger partial charge in [-0.3, -0.25) is 0 Å². The van der Waals surface area contributed by atoms with Crippen molar-refractivity contribution in [3.05, 3.63) is 12.2 Å². The van der Waals surface area contributed by atoms with Crippen molar-refractivity contribution in [2.45, 2.75) is 20.3 Å². The lowest BCUT2D eigenvalue weighted by Crippen LogP contribution is -1.97. The zero-order chi connectivity index (χ0) is 7.98. The van der Waals surface area contributed by atoms with Crippen LogP contribution in [0.15, 0.2) is 12.2 Å². The topological polar surface area (TPSA) is 17.1 Å². The van der Waals surface area contributed by atoms with E-state index >= 15 is 0 Å². The fourth-order valence-corrected chi connectivity index (χ4v) is 0.741. The third kappa shape index (κ3) is 5.11. The number of Topliss-reactive ketones (excluding diaryl/α,β-unsaturated/α-hetero) is 1. The molecule has 1 heteroatoms. The molecular formula is C9H12O. The minimum absolute atomic E-state index is 0.203. The van der Waals surface area contributed by atoms with E-state index in [4.69, 9.17) is 6.42 Å². The molecule has 0 fully saturated rings. The fraction of sp³-hybridized carbons (Fsp3) is 0.444. The lowest BCUT2D eigenvalue weighted by atomic mass is 10.1. The van der Waals surface area contributed by atoms with Gasteiger partial charge in [0.2, 0.25) is 0 Å². The highest BCUT2D eigenvalue weighted by Gasteiger charge is 1.98. The van der Waals surface area contributed by atoms with Gasteiger partial charge in [-0.1, -0.05) is 18.9 Å². The Morgan fingerprint density at radius 1 is 1.80 bits per heavy atom. The second kappa shape index (κ2) is 4.81. The van der Waals surface area contributed by atoms with Crippen LogP contribution in [0.1, 0.15) is 20.3 Å². The van der Waals surface area contributed by atoms with Crippen molar-refractivity contribution in [1.29, 1.82) is 0 Å². The third-order valence-electron chi connectivity index (χ3n) is 1.13. The highest BCUT2D eigenvalue weighted by Crippen LogP contribution is 2.02. The molecule has 0 radical (unpaired) electrons. The molecular weight excluding hydrogens is 124 g/mol. The van der Waals surface area contributed by atoms with Crippen LogP contribution in [0, 0.1) is 18.3 Å². The molecule has 1 atom stereocenters. The molecule has 0 aromatic rings. The van der Waals surface area contributed by atoms with Gasteiger partial charge < -0.3 is 4.79 Å². The molecule has 0 aliphatic rings. The molecule has 54 valence electrons. The van der Waals surface area contributed by atoms with Crippen molar-refractivity contribution < 1.29 is 4.79 Å². The van der Waals surface area contributed by atoms with E-state index in [0.29, 0.717) is 6.42 Å². The van der Waals surface area contributed by atoms with Crippen molar-refractivity contribution >= 4 is 5.78 Å². The number of carbonyl (C=O) groups excluding carboxylic acids is 1. The highest BCUT2D eigenvalue weighted by molar-refractivity contribution is 5.75. The van der Waals surface area contributed by atoms with Crippen LogP contribution in [0.2, 0.25) is 0 Å². The summed E-state index contributed by atoms with van der Waals surface area (Å²) in [6.45, 7) is 3.55. The van der Waals surface area contributed by atoms with E-state index in [2.05, 4.69) is 5.92 Å². The van der Waals surface area contributed by atoms with Crippen molar-refractivity contribution in [2.24, 2.45) is 5.92 Å². The van der Waals surface area contributed by atoms with Gasteiger partial charge in [-0.15, -0.1) is 6.42 Å². The second-order valence-corrected chi connectivity index (χ2v) is 2.41. The molecule has 0 heterocycles. The number of rotatable bonds is 3. The summed E-state index contributed by atoms with van der Waals surface area (Å²) in [5, 5.41) is 0. The predicted octanol–water partition coefficient (Wildman–Crippen LogP) is 1.79. The van der Waals surface area contributed by atoms with Crippen molar-refractivity contribution in [3.8, 4) is 12.3 Å². The summed E-state index contributed by atoms with van der Waals surface area (Å²) in [4.78, 5) is 10.5. The van der Waals surface area contributed by atoms with Gasteiger partial charge in [0.1, 0.15) is 5.78 Å². The largest absolute Gasteiger partial charge is 0.300 e. The average molecular weight is 136 g/mol. The van der Waals surface area contributed by atoms with Gasteiger partial charge in [-0.25, -0.2) is 0 Å². The first-order valence-corrected chi connectivity index (χ1v) is 3.29. The third-order valence-corrected chi connectivity index (χ3v) is 1.13. The van der Waals surface area contributed by atoms with Gasteiger partial charge in [0, 0.05) is 6.42 Å². The van der Waals surface area contributed by atoms with Gasteiger partial charge in [-0.05, 0) is 18.9 Å². The molecule has 0 aliphatic heterocycles. The van der Waals surface area contributed by atoms with Crippen molar-refractivity contribution in [1.82, 2.24) is 0 Å². The molecule has 1 nitrogen and oxygen atoms in total. The van der Waals surface area contributed by atoms with Gasteiger partial charge >= 0.3 is 0 Å². The van der Waals surface area contributed by atoms with E-state index in [1.165, 1.54) is 0 Å². The van der Waals surface area contributed by atoms with E-state index in [1.54, 1.807) is 13.0 Å². The minimum atomic E-state index is 0.203. The quantitative estimate of drug-likeness (QED) is 0.540. The molecule has 0 rings (SSSR count). The van der Waals surface area contributed by atoms with Gasteiger partial charge in [0.25, 0.3) is 0 Å². The average Bonchev–Trinajstić information content (AvgIpc) is 1.82. The zero-order valence-electron chi connectivity index (χ0n) is 6.42. The van der Waals surface area contributed by atoms with Crippen LogP contribution >= 0.6 is 0 Å². The molecule has 0 aliphatic carbocycles. The molecule has 0 saturated heterocycles. The van der Waals surface area contributed by atoms with Crippen LogP contribution in [0.25, 0.3) is 0 Å². The predicted molar refractivity (Wildman–Crippen MR) is 42.4 cm³/mol. The van der Waals surface area contributed by atoms with Crippen LogP contribution in [-0.2, 0) is 4.79 Å². The summed E-state index contributed by atoms with van der Waals surface area (Å²) in [6, 6.07) is 0. The molecule has 0 N–H and O–H groups in total. The maximum atomic E-state index is 10.5. The normalized spacial score (nSPS) is 12.9. The Balaban J connectivity index is 3.66. The number of hydrogen-bond donors (Lipinski definition) is 0. The minimum Gasteiger partial charge on any atom is -0.300 e.